The minimum absolute atomic E-state index is 0.137. The van der Waals surface area contributed by atoms with Gasteiger partial charge in [-0.25, -0.2) is 13.8 Å². The standard InChI is InChI=1S/C28H36F5N3/c1-7-10-21(28(31,32)33)15-24(20(9-3)17-29)23(19(4)8-2)16-26-25(13-14-35(26)5)36(6)27-12-11-22(30)18-34-27/h9-12,15-16,18,25H,7-8,13-14,17H2,1-6H3/b20-9-,21-10-,23-19?,24-15+,26-16-. The van der Waals surface area contributed by atoms with Gasteiger partial charge < -0.3 is 9.80 Å². The Kier molecular flexibility index (Phi) is 10.5. The van der Waals surface area contributed by atoms with Crippen molar-refractivity contribution in [1.29, 1.82) is 0 Å². The molecule has 0 bridgehead atoms. The molecule has 2 rings (SSSR count). The van der Waals surface area contributed by atoms with Crippen LogP contribution in [-0.4, -0.2) is 49.4 Å². The molecule has 1 aromatic rings. The largest absolute Gasteiger partial charge is 0.416 e. The maximum Gasteiger partial charge on any atom is 0.416 e. The molecule has 1 aromatic heterocycles. The van der Waals surface area contributed by atoms with Gasteiger partial charge in [-0.15, -0.1) is 0 Å². The third kappa shape index (κ3) is 7.08. The molecular formula is C28H36F5N3. The molecule has 1 aliphatic heterocycles. The Hall–Kier alpha value is -2.90. The van der Waals surface area contributed by atoms with E-state index in [9.17, 15) is 22.0 Å². The van der Waals surface area contributed by atoms with Crippen LogP contribution in [0.1, 0.15) is 47.0 Å². The summed E-state index contributed by atoms with van der Waals surface area (Å²) < 4.78 is 69.0. The fraction of sp³-hybridized carbons (Fsp3) is 0.464. The van der Waals surface area contributed by atoms with Crippen molar-refractivity contribution < 1.29 is 22.0 Å². The van der Waals surface area contributed by atoms with Crippen LogP contribution in [0.15, 0.2) is 76.2 Å². The molecule has 1 atom stereocenters. The number of pyridine rings is 1. The molecule has 1 saturated heterocycles. The van der Waals surface area contributed by atoms with Crippen molar-refractivity contribution in [3.8, 4) is 0 Å². The Balaban J connectivity index is 2.72. The molecule has 1 aliphatic rings. The van der Waals surface area contributed by atoms with Gasteiger partial charge >= 0.3 is 6.18 Å². The summed E-state index contributed by atoms with van der Waals surface area (Å²) in [7, 11) is 3.78. The quantitative estimate of drug-likeness (QED) is 0.251. The number of hydrogen-bond acceptors (Lipinski definition) is 3. The summed E-state index contributed by atoms with van der Waals surface area (Å²) in [6, 6.07) is 2.80. The monoisotopic (exact) mass is 509 g/mol. The van der Waals surface area contributed by atoms with Crippen LogP contribution in [0.25, 0.3) is 0 Å². The second-order valence-electron chi connectivity index (χ2n) is 8.86. The molecule has 0 saturated carbocycles. The fourth-order valence-electron chi connectivity index (χ4n) is 4.23. The van der Waals surface area contributed by atoms with Gasteiger partial charge in [0.15, 0.2) is 0 Å². The number of nitrogens with zero attached hydrogens (tertiary/aromatic N) is 3. The van der Waals surface area contributed by atoms with E-state index in [1.54, 1.807) is 19.9 Å². The molecule has 8 heteroatoms. The summed E-state index contributed by atoms with van der Waals surface area (Å²) in [5.41, 5.74) is 1.93. The number of hydrogen-bond donors (Lipinski definition) is 0. The van der Waals surface area contributed by atoms with E-state index in [0.29, 0.717) is 17.8 Å². The highest BCUT2D eigenvalue weighted by Gasteiger charge is 2.33. The Morgan fingerprint density at radius 2 is 1.94 bits per heavy atom. The van der Waals surface area contributed by atoms with Crippen LogP contribution in [0, 0.1) is 5.82 Å². The van der Waals surface area contributed by atoms with Crippen LogP contribution in [0.3, 0.4) is 0 Å². The first kappa shape index (κ1) is 29.3. The van der Waals surface area contributed by atoms with Crippen molar-refractivity contribution in [3.05, 3.63) is 82.0 Å². The first-order valence-electron chi connectivity index (χ1n) is 12.2. The van der Waals surface area contributed by atoms with Crippen LogP contribution in [-0.2, 0) is 0 Å². The number of anilines is 1. The van der Waals surface area contributed by atoms with Crippen LogP contribution >= 0.6 is 0 Å². The summed E-state index contributed by atoms with van der Waals surface area (Å²) in [6.45, 7) is 6.89. The Bertz CT molecular complexity index is 1050. The van der Waals surface area contributed by atoms with Crippen molar-refractivity contribution in [3.63, 3.8) is 0 Å². The molecule has 0 amide bonds. The van der Waals surface area contributed by atoms with Crippen molar-refractivity contribution in [2.45, 2.75) is 59.2 Å². The third-order valence-electron chi connectivity index (χ3n) is 6.52. The van der Waals surface area contributed by atoms with E-state index < -0.39 is 24.2 Å². The molecule has 1 fully saturated rings. The van der Waals surface area contributed by atoms with Gasteiger partial charge in [0.1, 0.15) is 18.3 Å². The second-order valence-corrected chi connectivity index (χ2v) is 8.86. The molecule has 2 heterocycles. The maximum atomic E-state index is 14.1. The first-order chi connectivity index (χ1) is 17.0. The number of alkyl halides is 4. The molecule has 0 aliphatic carbocycles. The number of aromatic nitrogens is 1. The van der Waals surface area contributed by atoms with Crippen LogP contribution in [0.4, 0.5) is 27.8 Å². The lowest BCUT2D eigenvalue weighted by atomic mass is 9.90. The molecule has 0 N–H and O–H groups in total. The summed E-state index contributed by atoms with van der Waals surface area (Å²) in [4.78, 5) is 8.16. The van der Waals surface area contributed by atoms with Gasteiger partial charge in [0.05, 0.1) is 17.8 Å². The Morgan fingerprint density at radius 3 is 2.44 bits per heavy atom. The topological polar surface area (TPSA) is 19.4 Å². The highest BCUT2D eigenvalue weighted by Crippen LogP contribution is 2.36. The van der Waals surface area contributed by atoms with Gasteiger partial charge in [-0.1, -0.05) is 31.6 Å². The molecule has 36 heavy (non-hydrogen) atoms. The van der Waals surface area contributed by atoms with Crippen LogP contribution < -0.4 is 4.90 Å². The van der Waals surface area contributed by atoms with Crippen LogP contribution in [0.5, 0.6) is 0 Å². The zero-order chi connectivity index (χ0) is 27.0. The van der Waals surface area contributed by atoms with Crippen molar-refractivity contribution >= 4 is 5.82 Å². The van der Waals surface area contributed by atoms with Gasteiger partial charge in [-0.05, 0) is 74.1 Å². The number of allylic oxidation sites excluding steroid dienone is 9. The van der Waals surface area contributed by atoms with E-state index in [1.807, 2.05) is 43.8 Å². The maximum absolute atomic E-state index is 14.1. The smallest absolute Gasteiger partial charge is 0.376 e. The van der Waals surface area contributed by atoms with Gasteiger partial charge in [-0.3, -0.25) is 0 Å². The zero-order valence-electron chi connectivity index (χ0n) is 21.9. The fourth-order valence-corrected chi connectivity index (χ4v) is 4.23. The average Bonchev–Trinajstić information content (AvgIpc) is 3.20. The van der Waals surface area contributed by atoms with E-state index >= 15 is 0 Å². The highest BCUT2D eigenvalue weighted by atomic mass is 19.4. The van der Waals surface area contributed by atoms with Crippen LogP contribution in [0.2, 0.25) is 0 Å². The summed E-state index contributed by atoms with van der Waals surface area (Å²) in [6.07, 6.45) is 3.72. The second kappa shape index (κ2) is 12.9. The van der Waals surface area contributed by atoms with E-state index in [4.69, 9.17) is 0 Å². The van der Waals surface area contributed by atoms with Crippen molar-refractivity contribution in [1.82, 2.24) is 9.88 Å². The van der Waals surface area contributed by atoms with E-state index in [-0.39, 0.29) is 23.6 Å². The molecule has 0 spiro atoms. The summed E-state index contributed by atoms with van der Waals surface area (Å²) in [5, 5.41) is 0. The minimum Gasteiger partial charge on any atom is -0.376 e. The Labute approximate surface area is 211 Å². The molecule has 0 radical (unpaired) electrons. The van der Waals surface area contributed by atoms with E-state index in [0.717, 1.165) is 42.6 Å². The number of halogens is 5. The van der Waals surface area contributed by atoms with Gasteiger partial charge in [0, 0.05) is 26.3 Å². The predicted octanol–water partition coefficient (Wildman–Crippen LogP) is 7.71. The molecule has 198 valence electrons. The molecule has 0 aromatic carbocycles. The third-order valence-corrected chi connectivity index (χ3v) is 6.52. The lowest BCUT2D eigenvalue weighted by molar-refractivity contribution is -0.0884. The molecular weight excluding hydrogens is 473 g/mol. The average molecular weight is 510 g/mol. The normalized spacial score (nSPS) is 19.8. The minimum atomic E-state index is -4.56. The summed E-state index contributed by atoms with van der Waals surface area (Å²) in [5.74, 6) is 0.148. The first-order valence-corrected chi connectivity index (χ1v) is 12.2. The van der Waals surface area contributed by atoms with Gasteiger partial charge in [0.25, 0.3) is 0 Å². The predicted molar refractivity (Wildman–Crippen MR) is 137 cm³/mol. The number of likely N-dealkylation sites (N-methyl/N-ethyl adjacent to an activating group) is 2. The highest BCUT2D eigenvalue weighted by molar-refractivity contribution is 5.58. The van der Waals surface area contributed by atoms with Crippen molar-refractivity contribution in [2.75, 3.05) is 32.2 Å². The lowest BCUT2D eigenvalue weighted by Crippen LogP contribution is -2.33. The number of likely N-dealkylation sites (tertiary alicyclic amines) is 1. The van der Waals surface area contributed by atoms with Gasteiger partial charge in [-0.2, -0.15) is 13.2 Å². The number of rotatable bonds is 9. The van der Waals surface area contributed by atoms with Gasteiger partial charge in [0.2, 0.25) is 0 Å². The SMILES string of the molecule is C\C=C(CF)/C(=C\C(=C\CC)C(F)(F)F)C(/C=C1/C(N(C)c2ccc(F)cn2)CCN1C)=C(C)CC. The Morgan fingerprint density at radius 1 is 1.25 bits per heavy atom. The van der Waals surface area contributed by atoms with E-state index in [1.165, 1.54) is 12.1 Å². The zero-order valence-corrected chi connectivity index (χ0v) is 21.9. The molecule has 1 unspecified atom stereocenters. The van der Waals surface area contributed by atoms with E-state index in [2.05, 4.69) is 4.98 Å². The summed E-state index contributed by atoms with van der Waals surface area (Å²) >= 11 is 0. The van der Waals surface area contributed by atoms with Crippen molar-refractivity contribution in [2.24, 2.45) is 0 Å². The lowest BCUT2D eigenvalue weighted by Gasteiger charge is -2.29. The molecule has 3 nitrogen and oxygen atoms in total.